The van der Waals surface area contributed by atoms with Crippen molar-refractivity contribution in [2.75, 3.05) is 0 Å². The van der Waals surface area contributed by atoms with Crippen molar-refractivity contribution in [3.8, 4) is 23.0 Å². The summed E-state index contributed by atoms with van der Waals surface area (Å²) in [7, 11) is 0. The Morgan fingerprint density at radius 2 is 1.51 bits per heavy atom. The molecule has 230 valence electrons. The van der Waals surface area contributed by atoms with Crippen LogP contribution in [0.5, 0.6) is 23.0 Å². The van der Waals surface area contributed by atoms with Crippen LogP contribution in [-0.4, -0.2) is 22.2 Å². The van der Waals surface area contributed by atoms with Crippen LogP contribution in [0.15, 0.2) is 72.8 Å². The number of phenolic OH excluding ortho intramolecular Hbond substituents is 1. The van der Waals surface area contributed by atoms with Crippen molar-refractivity contribution in [2.45, 2.75) is 90.8 Å². The van der Waals surface area contributed by atoms with Gasteiger partial charge in [-0.3, -0.25) is 9.59 Å². The SMILES string of the molecule is CCCCCCCCCCCC(=O)Oc1cc(O)ccc1C=CC(O)c1ccc(OC(C)=O)cc1OCc1ccccc1. The van der Waals surface area contributed by atoms with Gasteiger partial charge >= 0.3 is 11.9 Å². The highest BCUT2D eigenvalue weighted by molar-refractivity contribution is 5.74. The molecule has 0 saturated heterocycles. The number of phenols is 1. The molecule has 0 amide bonds. The molecule has 0 aliphatic heterocycles. The number of benzene rings is 3. The Kier molecular flexibility index (Phi) is 14.3. The van der Waals surface area contributed by atoms with Gasteiger partial charge in [0.25, 0.3) is 0 Å². The van der Waals surface area contributed by atoms with Crippen molar-refractivity contribution in [2.24, 2.45) is 0 Å². The molecule has 3 aromatic carbocycles. The van der Waals surface area contributed by atoms with E-state index in [0.717, 1.165) is 24.8 Å². The van der Waals surface area contributed by atoms with Crippen LogP contribution in [0.2, 0.25) is 0 Å². The van der Waals surface area contributed by atoms with E-state index in [9.17, 15) is 19.8 Å². The van der Waals surface area contributed by atoms with Crippen molar-refractivity contribution in [3.05, 3.63) is 89.5 Å². The molecule has 1 atom stereocenters. The first-order valence-electron chi connectivity index (χ1n) is 15.2. The highest BCUT2D eigenvalue weighted by atomic mass is 16.5. The zero-order valence-corrected chi connectivity index (χ0v) is 25.3. The van der Waals surface area contributed by atoms with Gasteiger partial charge in [-0.2, -0.15) is 0 Å². The number of hydrogen-bond acceptors (Lipinski definition) is 7. The van der Waals surface area contributed by atoms with Gasteiger partial charge in [0.1, 0.15) is 35.7 Å². The van der Waals surface area contributed by atoms with Gasteiger partial charge in [0, 0.05) is 36.6 Å². The summed E-state index contributed by atoms with van der Waals surface area (Å²) in [5.74, 6) is 0.0282. The van der Waals surface area contributed by atoms with Gasteiger partial charge < -0.3 is 24.4 Å². The smallest absolute Gasteiger partial charge is 0.311 e. The zero-order valence-electron chi connectivity index (χ0n) is 25.3. The number of unbranched alkanes of at least 4 members (excludes halogenated alkanes) is 8. The fourth-order valence-corrected chi connectivity index (χ4v) is 4.65. The van der Waals surface area contributed by atoms with Crippen LogP contribution in [-0.2, 0) is 16.2 Å². The predicted molar refractivity (Wildman–Crippen MR) is 168 cm³/mol. The van der Waals surface area contributed by atoms with Gasteiger partial charge in [-0.1, -0.05) is 101 Å². The zero-order chi connectivity index (χ0) is 30.9. The molecule has 1 unspecified atom stereocenters. The van der Waals surface area contributed by atoms with E-state index in [1.165, 1.54) is 57.6 Å². The number of carbonyl (C=O) groups excluding carboxylic acids is 2. The molecule has 3 aromatic rings. The standard InChI is InChI=1S/C36H44O7/c1-3-4-5-6-7-8-9-10-14-17-36(40)43-34-24-30(38)20-18-29(34)19-23-33(39)32-22-21-31(42-27(2)37)25-35(32)41-26-28-15-12-11-13-16-28/h11-13,15-16,18-25,33,38-39H,3-10,14,17,26H2,1-2H3. The summed E-state index contributed by atoms with van der Waals surface area (Å²) in [4.78, 5) is 24.0. The highest BCUT2D eigenvalue weighted by Gasteiger charge is 2.15. The molecule has 7 nitrogen and oxygen atoms in total. The second kappa shape index (κ2) is 18.4. The summed E-state index contributed by atoms with van der Waals surface area (Å²) in [5.41, 5.74) is 1.93. The van der Waals surface area contributed by atoms with E-state index >= 15 is 0 Å². The maximum atomic E-state index is 12.6. The number of carbonyl (C=O) groups is 2. The van der Waals surface area contributed by atoms with Crippen LogP contribution >= 0.6 is 0 Å². The fourth-order valence-electron chi connectivity index (χ4n) is 4.65. The van der Waals surface area contributed by atoms with Crippen LogP contribution in [0.1, 0.15) is 101 Å². The van der Waals surface area contributed by atoms with Gasteiger partial charge in [-0.15, -0.1) is 0 Å². The lowest BCUT2D eigenvalue weighted by Crippen LogP contribution is -2.08. The third-order valence-corrected chi connectivity index (χ3v) is 6.97. The van der Waals surface area contributed by atoms with Crippen molar-refractivity contribution < 1.29 is 34.0 Å². The Labute approximate surface area is 255 Å². The first-order chi connectivity index (χ1) is 20.9. The second-order valence-electron chi connectivity index (χ2n) is 10.6. The monoisotopic (exact) mass is 588 g/mol. The molecule has 0 aromatic heterocycles. The van der Waals surface area contributed by atoms with Crippen LogP contribution in [0.3, 0.4) is 0 Å². The van der Waals surface area contributed by atoms with Crippen molar-refractivity contribution >= 4 is 18.0 Å². The van der Waals surface area contributed by atoms with Crippen molar-refractivity contribution in [1.82, 2.24) is 0 Å². The van der Waals surface area contributed by atoms with Gasteiger partial charge in [-0.25, -0.2) is 0 Å². The summed E-state index contributed by atoms with van der Waals surface area (Å²) in [6.07, 6.45) is 12.8. The Hall–Kier alpha value is -4.10. The number of rotatable bonds is 18. The van der Waals surface area contributed by atoms with Crippen molar-refractivity contribution in [3.63, 3.8) is 0 Å². The third kappa shape index (κ3) is 12.3. The normalized spacial score (nSPS) is 11.8. The largest absolute Gasteiger partial charge is 0.508 e. The number of hydrogen-bond donors (Lipinski definition) is 2. The molecular formula is C36H44O7. The van der Waals surface area contributed by atoms with E-state index < -0.39 is 12.1 Å². The highest BCUT2D eigenvalue weighted by Crippen LogP contribution is 2.33. The van der Waals surface area contributed by atoms with Crippen LogP contribution < -0.4 is 14.2 Å². The first kappa shape index (κ1) is 33.4. The minimum absolute atomic E-state index is 0.0266. The molecule has 3 rings (SSSR count). The quantitative estimate of drug-likeness (QED) is 0.0873. The average molecular weight is 589 g/mol. The average Bonchev–Trinajstić information content (AvgIpc) is 2.99. The Morgan fingerprint density at radius 1 is 0.814 bits per heavy atom. The molecule has 0 radical (unpaired) electrons. The molecule has 0 aliphatic rings. The predicted octanol–water partition coefficient (Wildman–Crippen LogP) is 8.47. The first-order valence-corrected chi connectivity index (χ1v) is 15.2. The third-order valence-electron chi connectivity index (χ3n) is 6.97. The summed E-state index contributed by atoms with van der Waals surface area (Å²) < 4.78 is 16.8. The molecule has 0 saturated carbocycles. The lowest BCUT2D eigenvalue weighted by molar-refractivity contribution is -0.134. The van der Waals surface area contributed by atoms with Gasteiger partial charge in [0.05, 0.1) is 0 Å². The molecule has 0 spiro atoms. The van der Waals surface area contributed by atoms with E-state index in [2.05, 4.69) is 6.92 Å². The lowest BCUT2D eigenvalue weighted by Gasteiger charge is -2.16. The van der Waals surface area contributed by atoms with Crippen LogP contribution in [0.25, 0.3) is 6.08 Å². The van der Waals surface area contributed by atoms with Crippen LogP contribution in [0.4, 0.5) is 0 Å². The number of esters is 2. The Morgan fingerprint density at radius 3 is 2.21 bits per heavy atom. The molecule has 7 heteroatoms. The second-order valence-corrected chi connectivity index (χ2v) is 10.6. The molecule has 0 fully saturated rings. The number of aromatic hydroxyl groups is 1. The van der Waals surface area contributed by atoms with E-state index in [0.29, 0.717) is 29.0 Å². The maximum absolute atomic E-state index is 12.6. The topological polar surface area (TPSA) is 102 Å². The molecule has 0 bridgehead atoms. The summed E-state index contributed by atoms with van der Waals surface area (Å²) in [6.45, 7) is 3.78. The lowest BCUT2D eigenvalue weighted by atomic mass is 10.1. The summed E-state index contributed by atoms with van der Waals surface area (Å²) in [6, 6.07) is 18.9. The molecule has 43 heavy (non-hydrogen) atoms. The molecular weight excluding hydrogens is 544 g/mol. The molecule has 0 aliphatic carbocycles. The van der Waals surface area contributed by atoms with Gasteiger partial charge in [0.15, 0.2) is 0 Å². The van der Waals surface area contributed by atoms with E-state index in [-0.39, 0.29) is 24.1 Å². The molecule has 2 N–H and O–H groups in total. The Balaban J connectivity index is 1.63. The van der Waals surface area contributed by atoms with Gasteiger partial charge in [0.2, 0.25) is 0 Å². The molecule has 0 heterocycles. The number of aliphatic hydroxyl groups excluding tert-OH is 1. The van der Waals surface area contributed by atoms with Crippen molar-refractivity contribution in [1.29, 1.82) is 0 Å². The number of aliphatic hydroxyl groups is 1. The minimum atomic E-state index is -1.09. The van der Waals surface area contributed by atoms with E-state index in [1.807, 2.05) is 30.3 Å². The Bertz CT molecular complexity index is 1320. The summed E-state index contributed by atoms with van der Waals surface area (Å²) in [5, 5.41) is 21.1. The fraction of sp³-hybridized carbons (Fsp3) is 0.389. The van der Waals surface area contributed by atoms with E-state index in [4.69, 9.17) is 14.2 Å². The van der Waals surface area contributed by atoms with Crippen LogP contribution in [0, 0.1) is 0 Å². The van der Waals surface area contributed by atoms with E-state index in [1.54, 1.807) is 36.4 Å². The van der Waals surface area contributed by atoms with Gasteiger partial charge in [-0.05, 0) is 36.2 Å². The maximum Gasteiger partial charge on any atom is 0.311 e. The summed E-state index contributed by atoms with van der Waals surface area (Å²) >= 11 is 0. The minimum Gasteiger partial charge on any atom is -0.508 e. The number of ether oxygens (including phenoxy) is 3.